The van der Waals surface area contributed by atoms with Gasteiger partial charge in [0.2, 0.25) is 0 Å². The van der Waals surface area contributed by atoms with E-state index in [1.54, 1.807) is 0 Å². The van der Waals surface area contributed by atoms with Crippen LogP contribution in [-0.4, -0.2) is 27.9 Å². The van der Waals surface area contributed by atoms with Gasteiger partial charge in [-0.15, -0.1) is 0 Å². The zero-order chi connectivity index (χ0) is 15.9. The number of alkyl halides is 6. The molecule has 0 aromatic rings. The van der Waals surface area contributed by atoms with Crippen molar-refractivity contribution in [1.82, 2.24) is 0 Å². The van der Waals surface area contributed by atoms with E-state index in [4.69, 9.17) is 0 Å². The van der Waals surface area contributed by atoms with Crippen molar-refractivity contribution in [2.75, 3.05) is 0 Å². The largest absolute Gasteiger partial charge is 1.00 e. The topological polar surface area (TPSA) is 127 Å². The minimum Gasteiger partial charge on any atom is -0.755 e. The van der Waals surface area contributed by atoms with Gasteiger partial charge in [-0.3, -0.25) is 4.57 Å². The van der Waals surface area contributed by atoms with E-state index in [2.05, 4.69) is 7.94 Å². The van der Waals surface area contributed by atoms with Gasteiger partial charge in [0.25, 0.3) is 7.82 Å². The Morgan fingerprint density at radius 1 is 0.800 bits per heavy atom. The van der Waals surface area contributed by atoms with Crippen molar-refractivity contribution in [2.24, 2.45) is 0 Å². The Kier molecular flexibility index (Phi) is 6.88. The third kappa shape index (κ3) is 5.90. The zero-order valence-electron chi connectivity index (χ0n) is 8.80. The molecule has 20 heavy (non-hydrogen) atoms. The second kappa shape index (κ2) is 6.13. The molecule has 0 amide bonds. The van der Waals surface area contributed by atoms with E-state index in [0.29, 0.717) is 0 Å². The average Bonchev–Trinajstić information content (AvgIpc) is 1.93. The summed E-state index contributed by atoms with van der Waals surface area (Å²) in [5, 5.41) is 0. The molecule has 0 N–H and O–H groups in total. The van der Waals surface area contributed by atoms with Gasteiger partial charge in [0, 0.05) is 0 Å². The summed E-state index contributed by atoms with van der Waals surface area (Å²) in [6, 6.07) is 0. The Balaban J connectivity index is 0. The van der Waals surface area contributed by atoms with Gasteiger partial charge in [-0.05, 0) is 0 Å². The van der Waals surface area contributed by atoms with E-state index in [-0.39, 0.29) is 18.9 Å². The minimum absolute atomic E-state index is 0. The van der Waals surface area contributed by atoms with Crippen LogP contribution in [0.1, 0.15) is 0 Å². The van der Waals surface area contributed by atoms with Crippen molar-refractivity contribution < 1.29 is 79.4 Å². The van der Waals surface area contributed by atoms with Gasteiger partial charge in [-0.2, -0.15) is 51.1 Å². The first-order chi connectivity index (χ1) is 7.91. The molecule has 0 aliphatic rings. The first-order valence-electron chi connectivity index (χ1n) is 3.27. The maximum Gasteiger partial charge on any atom is 1.00 e. The molecule has 0 heterocycles. The molecule has 0 saturated carbocycles. The molecule has 0 atom stereocenters. The fourth-order valence-corrected chi connectivity index (χ4v) is 3.26. The fraction of sp³-hybridized carbons (Fsp3) is 1.00. The fourth-order valence-electron chi connectivity index (χ4n) is 0.337. The first-order valence-corrected chi connectivity index (χ1v) is 7.55. The Hall–Kier alpha value is 0.187. The Morgan fingerprint density at radius 2 is 1.00 bits per heavy atom. The molecule has 0 aliphatic carbocycles. The summed E-state index contributed by atoms with van der Waals surface area (Å²) in [5.74, 6) is 0. The van der Waals surface area contributed by atoms with Crippen LogP contribution in [-0.2, 0) is 32.7 Å². The number of halogens is 6. The SMILES string of the molecule is O=P([O-])(OS(=O)(=O)C(F)(F)F)OS(=O)(=O)C(F)(F)F.[Li+]. The predicted molar refractivity (Wildman–Crippen MR) is 39.7 cm³/mol. The number of rotatable bonds is 4. The third-order valence-electron chi connectivity index (χ3n) is 0.946. The number of hydrogen-bond acceptors (Lipinski definition) is 8. The second-order valence-corrected chi connectivity index (χ2v) is 7.23. The molecule has 0 aromatic heterocycles. The molecule has 0 spiro atoms. The van der Waals surface area contributed by atoms with E-state index in [1.807, 2.05) is 0 Å². The molecular formula is C2F6LiO8PS2. The van der Waals surface area contributed by atoms with Crippen LogP contribution in [0.4, 0.5) is 26.3 Å². The summed E-state index contributed by atoms with van der Waals surface area (Å²) in [6.07, 6.45) is 0. The molecule has 0 radical (unpaired) electrons. The smallest absolute Gasteiger partial charge is 0.755 e. The summed E-state index contributed by atoms with van der Waals surface area (Å²) >= 11 is 0. The number of hydrogen-bond donors (Lipinski definition) is 0. The van der Waals surface area contributed by atoms with Gasteiger partial charge in [0.15, 0.2) is 0 Å². The van der Waals surface area contributed by atoms with E-state index < -0.39 is 39.1 Å². The van der Waals surface area contributed by atoms with Crippen molar-refractivity contribution in [1.29, 1.82) is 0 Å². The standard InChI is InChI=1S/C2HF6O8PS2.Li/c3-1(4,5)18(11,12)15-17(9,10)16-19(13,14)2(6,7)8;/h(H,9,10);/q;+1/p-1. The van der Waals surface area contributed by atoms with Crippen molar-refractivity contribution in [3.8, 4) is 0 Å². The van der Waals surface area contributed by atoms with Crippen LogP contribution in [0.3, 0.4) is 0 Å². The van der Waals surface area contributed by atoms with Gasteiger partial charge < -0.3 is 4.89 Å². The second-order valence-electron chi connectivity index (χ2n) is 2.40. The molecule has 0 fully saturated rings. The molecular weight excluding hydrogens is 368 g/mol. The quantitative estimate of drug-likeness (QED) is 0.225. The molecule has 18 heteroatoms. The molecule has 0 saturated heterocycles. The van der Waals surface area contributed by atoms with Crippen LogP contribution in [0.25, 0.3) is 0 Å². The van der Waals surface area contributed by atoms with Crippen LogP contribution in [0.5, 0.6) is 0 Å². The van der Waals surface area contributed by atoms with Crippen LogP contribution in [0.15, 0.2) is 0 Å². The van der Waals surface area contributed by atoms with E-state index in [1.165, 1.54) is 0 Å². The van der Waals surface area contributed by atoms with Crippen LogP contribution < -0.4 is 23.8 Å². The van der Waals surface area contributed by atoms with Gasteiger partial charge in [-0.25, -0.2) is 0 Å². The minimum atomic E-state index is -6.99. The van der Waals surface area contributed by atoms with Crippen molar-refractivity contribution >= 4 is 28.1 Å². The van der Waals surface area contributed by atoms with E-state index >= 15 is 0 Å². The van der Waals surface area contributed by atoms with E-state index in [9.17, 15) is 52.6 Å². The van der Waals surface area contributed by atoms with Crippen molar-refractivity contribution in [2.45, 2.75) is 11.0 Å². The zero-order valence-corrected chi connectivity index (χ0v) is 11.3. The molecule has 0 rings (SSSR count). The van der Waals surface area contributed by atoms with Gasteiger partial charge in [-0.1, -0.05) is 0 Å². The van der Waals surface area contributed by atoms with Crippen molar-refractivity contribution in [3.63, 3.8) is 0 Å². The van der Waals surface area contributed by atoms with Crippen LogP contribution in [0, 0.1) is 0 Å². The van der Waals surface area contributed by atoms with Gasteiger partial charge in [0.05, 0.1) is 0 Å². The Bertz CT molecular complexity index is 537. The summed E-state index contributed by atoms with van der Waals surface area (Å²) < 4.78 is 125. The molecule has 116 valence electrons. The Morgan fingerprint density at radius 3 is 1.15 bits per heavy atom. The summed E-state index contributed by atoms with van der Waals surface area (Å²) in [4.78, 5) is 10.4. The summed E-state index contributed by atoms with van der Waals surface area (Å²) in [6.45, 7) is 0. The predicted octanol–water partition coefficient (Wildman–Crippen LogP) is -2.81. The van der Waals surface area contributed by atoms with Crippen LogP contribution >= 0.6 is 7.82 Å². The molecule has 0 aliphatic heterocycles. The average molecular weight is 368 g/mol. The molecule has 8 nitrogen and oxygen atoms in total. The van der Waals surface area contributed by atoms with E-state index in [0.717, 1.165) is 0 Å². The summed E-state index contributed by atoms with van der Waals surface area (Å²) in [5.41, 5.74) is -12.6. The monoisotopic (exact) mass is 368 g/mol. The van der Waals surface area contributed by atoms with Gasteiger partial charge in [0.1, 0.15) is 0 Å². The maximum atomic E-state index is 11.6. The first kappa shape index (κ1) is 22.5. The van der Waals surface area contributed by atoms with Crippen molar-refractivity contribution in [3.05, 3.63) is 0 Å². The molecule has 0 aromatic carbocycles. The number of phosphoric acid groups is 1. The summed E-state index contributed by atoms with van der Waals surface area (Å²) in [7, 11) is -20.8. The van der Waals surface area contributed by atoms with Gasteiger partial charge >= 0.3 is 50.1 Å². The Labute approximate surface area is 119 Å². The maximum absolute atomic E-state index is 11.6. The third-order valence-corrected chi connectivity index (χ3v) is 5.11. The van der Waals surface area contributed by atoms with Crippen LogP contribution in [0.2, 0.25) is 0 Å². The molecule has 0 bridgehead atoms. The normalized spacial score (nSPS) is 14.8. The molecule has 0 unspecified atom stereocenters.